The van der Waals surface area contributed by atoms with E-state index in [2.05, 4.69) is 11.9 Å². The van der Waals surface area contributed by atoms with Crippen molar-refractivity contribution in [2.75, 3.05) is 26.7 Å². The van der Waals surface area contributed by atoms with Crippen molar-refractivity contribution in [3.8, 4) is 0 Å². The Labute approximate surface area is 69.5 Å². The molecule has 1 spiro atoms. The Morgan fingerprint density at radius 1 is 1.36 bits per heavy atom. The summed E-state index contributed by atoms with van der Waals surface area (Å²) in [7, 11) is 2.17. The van der Waals surface area contributed by atoms with Crippen LogP contribution in [0.15, 0.2) is 0 Å². The topological polar surface area (TPSA) is 15.8 Å². The first-order valence-corrected chi connectivity index (χ1v) is 4.63. The Morgan fingerprint density at radius 2 is 2.00 bits per heavy atom. The van der Waals surface area contributed by atoms with Crippen LogP contribution in [0.3, 0.4) is 0 Å². The van der Waals surface area contributed by atoms with Gasteiger partial charge in [-0.3, -0.25) is 0 Å². The van der Waals surface area contributed by atoms with Crippen LogP contribution in [0.4, 0.5) is 0 Å². The lowest BCUT2D eigenvalue weighted by molar-refractivity contribution is 0.158. The van der Waals surface area contributed by atoms with E-state index in [4.69, 9.17) is 4.74 Å². The van der Waals surface area contributed by atoms with Crippen molar-refractivity contribution in [3.05, 3.63) is 0 Å². The molecule has 1 unspecified atom stereocenters. The van der Waals surface area contributed by atoms with Gasteiger partial charge in [0, 0.05) is 6.54 Å². The van der Waals surface area contributed by atoms with Gasteiger partial charge >= 0.3 is 0 Å². The molecule has 2 aliphatic rings. The summed E-state index contributed by atoms with van der Waals surface area (Å²) < 4.78 is 5.37. The van der Waals surface area contributed by atoms with Crippen molar-refractivity contribution in [2.24, 2.45) is 0 Å². The first-order valence-electron chi connectivity index (χ1n) is 4.63. The van der Waals surface area contributed by atoms with Gasteiger partial charge < -0.3 is 9.64 Å². The van der Waals surface area contributed by atoms with Crippen LogP contribution in [0, 0.1) is 0 Å². The Hall–Kier alpha value is -0.0800. The molecule has 2 aliphatic heterocycles. The molecule has 66 valence electrons. The highest BCUT2D eigenvalue weighted by Gasteiger charge is 2.46. The third-order valence-corrected chi connectivity index (χ3v) is 2.28. The Balaban J connectivity index is 0.000000281. The van der Waals surface area contributed by atoms with Gasteiger partial charge in [0.05, 0.1) is 6.61 Å². The summed E-state index contributed by atoms with van der Waals surface area (Å²) in [5.74, 6) is 0. The molecule has 0 radical (unpaired) electrons. The largest absolute Gasteiger partial charge is 0.368 e. The molecule has 0 aromatic carbocycles. The summed E-state index contributed by atoms with van der Waals surface area (Å²) in [4.78, 5) is 2.36. The third kappa shape index (κ3) is 2.17. The predicted molar refractivity (Wildman–Crippen MR) is 46.8 cm³/mol. The molecule has 2 saturated heterocycles. The van der Waals surface area contributed by atoms with Crippen LogP contribution in [-0.2, 0) is 4.74 Å². The number of piperidine rings is 1. The van der Waals surface area contributed by atoms with Gasteiger partial charge in [-0.25, -0.2) is 0 Å². The highest BCUT2D eigenvalue weighted by atomic mass is 16.6. The third-order valence-electron chi connectivity index (χ3n) is 2.28. The highest BCUT2D eigenvalue weighted by molar-refractivity contribution is 4.97. The minimum Gasteiger partial charge on any atom is -0.368 e. The summed E-state index contributed by atoms with van der Waals surface area (Å²) in [6.07, 6.45) is 2.60. The van der Waals surface area contributed by atoms with Gasteiger partial charge in [-0.1, -0.05) is 13.8 Å². The molecule has 11 heavy (non-hydrogen) atoms. The van der Waals surface area contributed by atoms with Crippen LogP contribution in [0.25, 0.3) is 0 Å². The van der Waals surface area contributed by atoms with E-state index in [1.54, 1.807) is 0 Å². The number of nitrogens with zero attached hydrogens (tertiary/aromatic N) is 1. The lowest BCUT2D eigenvalue weighted by Gasteiger charge is -2.26. The van der Waals surface area contributed by atoms with Gasteiger partial charge in [0.1, 0.15) is 5.60 Å². The van der Waals surface area contributed by atoms with E-state index in [1.165, 1.54) is 19.4 Å². The molecular weight excluding hydrogens is 138 g/mol. The maximum absolute atomic E-state index is 5.37. The molecular formula is C9H19NO. The number of likely N-dealkylation sites (N-methyl/N-ethyl adjacent to an activating group) is 1. The number of hydrogen-bond donors (Lipinski definition) is 0. The maximum atomic E-state index is 5.37. The van der Waals surface area contributed by atoms with Crippen LogP contribution >= 0.6 is 0 Å². The van der Waals surface area contributed by atoms with E-state index in [-0.39, 0.29) is 0 Å². The highest BCUT2D eigenvalue weighted by Crippen LogP contribution is 2.35. The molecule has 1 atom stereocenters. The molecule has 2 nitrogen and oxygen atoms in total. The summed E-state index contributed by atoms with van der Waals surface area (Å²) >= 11 is 0. The van der Waals surface area contributed by atoms with Crippen molar-refractivity contribution in [1.82, 2.24) is 4.90 Å². The van der Waals surface area contributed by atoms with Crippen molar-refractivity contribution < 1.29 is 4.74 Å². The van der Waals surface area contributed by atoms with Gasteiger partial charge in [-0.2, -0.15) is 0 Å². The Morgan fingerprint density at radius 3 is 2.36 bits per heavy atom. The lowest BCUT2D eigenvalue weighted by atomic mass is 10.00. The van der Waals surface area contributed by atoms with E-state index in [0.717, 1.165) is 13.2 Å². The number of likely N-dealkylation sites (tertiary alicyclic amines) is 1. The van der Waals surface area contributed by atoms with Crippen molar-refractivity contribution in [1.29, 1.82) is 0 Å². The zero-order valence-corrected chi connectivity index (χ0v) is 7.89. The van der Waals surface area contributed by atoms with Gasteiger partial charge in [0.25, 0.3) is 0 Å². The second kappa shape index (κ2) is 3.55. The van der Waals surface area contributed by atoms with E-state index < -0.39 is 0 Å². The smallest absolute Gasteiger partial charge is 0.104 e. The molecule has 0 aromatic rings. The van der Waals surface area contributed by atoms with Crippen molar-refractivity contribution >= 4 is 0 Å². The monoisotopic (exact) mass is 157 g/mol. The van der Waals surface area contributed by atoms with E-state index in [1.807, 2.05) is 13.8 Å². The molecule has 0 amide bonds. The molecule has 0 aliphatic carbocycles. The fraction of sp³-hybridized carbons (Fsp3) is 1.00. The SMILES string of the molecule is CC.CN1CCCC2(CO2)C1. The summed E-state index contributed by atoms with van der Waals surface area (Å²) in [5.41, 5.74) is 0.326. The zero-order valence-electron chi connectivity index (χ0n) is 7.89. The summed E-state index contributed by atoms with van der Waals surface area (Å²) in [6.45, 7) is 7.43. The van der Waals surface area contributed by atoms with Gasteiger partial charge in [-0.15, -0.1) is 0 Å². The fourth-order valence-electron chi connectivity index (χ4n) is 1.66. The summed E-state index contributed by atoms with van der Waals surface area (Å²) in [6, 6.07) is 0. The second-order valence-corrected chi connectivity index (χ2v) is 3.31. The molecule has 0 bridgehead atoms. The maximum Gasteiger partial charge on any atom is 0.104 e. The molecule has 2 heterocycles. The Bertz CT molecular complexity index is 121. The fourth-order valence-corrected chi connectivity index (χ4v) is 1.66. The Kier molecular flexibility index (Phi) is 2.90. The standard InChI is InChI=1S/C7H13NO.C2H6/c1-8-4-2-3-7(5-8)6-9-7;1-2/h2-6H2,1H3;1-2H3. The summed E-state index contributed by atoms with van der Waals surface area (Å²) in [5, 5.41) is 0. The molecule has 2 heteroatoms. The van der Waals surface area contributed by atoms with Gasteiger partial charge in [-0.05, 0) is 26.4 Å². The average molecular weight is 157 g/mol. The molecule has 0 N–H and O–H groups in total. The minimum atomic E-state index is 0.326. The first kappa shape index (κ1) is 9.01. The van der Waals surface area contributed by atoms with Crippen LogP contribution in [0.1, 0.15) is 26.7 Å². The molecule has 0 aromatic heterocycles. The average Bonchev–Trinajstić information content (AvgIpc) is 2.73. The van der Waals surface area contributed by atoms with Crippen molar-refractivity contribution in [2.45, 2.75) is 32.3 Å². The van der Waals surface area contributed by atoms with Crippen molar-refractivity contribution in [3.63, 3.8) is 0 Å². The van der Waals surface area contributed by atoms with Crippen LogP contribution in [0.2, 0.25) is 0 Å². The van der Waals surface area contributed by atoms with Crippen LogP contribution in [0.5, 0.6) is 0 Å². The number of epoxide rings is 1. The molecule has 0 saturated carbocycles. The van der Waals surface area contributed by atoms with E-state index >= 15 is 0 Å². The number of rotatable bonds is 0. The van der Waals surface area contributed by atoms with E-state index in [9.17, 15) is 0 Å². The quantitative estimate of drug-likeness (QED) is 0.495. The number of ether oxygens (including phenoxy) is 1. The minimum absolute atomic E-state index is 0.326. The second-order valence-electron chi connectivity index (χ2n) is 3.31. The molecule has 2 fully saturated rings. The molecule has 2 rings (SSSR count). The van der Waals surface area contributed by atoms with Gasteiger partial charge in [0.2, 0.25) is 0 Å². The first-order chi connectivity index (χ1) is 5.31. The van der Waals surface area contributed by atoms with E-state index in [0.29, 0.717) is 5.60 Å². The lowest BCUT2D eigenvalue weighted by Crippen LogP contribution is -2.37. The van der Waals surface area contributed by atoms with Crippen LogP contribution in [-0.4, -0.2) is 37.2 Å². The normalized spacial score (nSPS) is 36.3. The zero-order chi connectivity index (χ0) is 8.32. The van der Waals surface area contributed by atoms with Crippen LogP contribution < -0.4 is 0 Å². The van der Waals surface area contributed by atoms with Gasteiger partial charge in [0.15, 0.2) is 0 Å². The predicted octanol–water partition coefficient (Wildman–Crippen LogP) is 1.51. The number of hydrogen-bond acceptors (Lipinski definition) is 2.